The molecule has 4 nitrogen and oxygen atoms in total. The lowest BCUT2D eigenvalue weighted by Gasteiger charge is -2.04. The van der Waals surface area contributed by atoms with Gasteiger partial charge in [0.05, 0.1) is 0 Å². The lowest BCUT2D eigenvalue weighted by atomic mass is 10.1. The molecule has 0 aliphatic heterocycles. The number of rotatable bonds is 4. The van der Waals surface area contributed by atoms with Crippen LogP contribution in [0.1, 0.15) is 11.1 Å². The highest BCUT2D eigenvalue weighted by Crippen LogP contribution is 2.06. The van der Waals surface area contributed by atoms with Crippen molar-refractivity contribution in [3.8, 4) is 6.07 Å². The van der Waals surface area contributed by atoms with E-state index in [1.165, 1.54) is 0 Å². The van der Waals surface area contributed by atoms with Crippen LogP contribution < -0.4 is 5.32 Å². The minimum Gasteiger partial charge on any atom is -0.347 e. The van der Waals surface area contributed by atoms with Crippen molar-refractivity contribution < 1.29 is 4.79 Å². The minimum atomic E-state index is -0.389. The fourth-order valence-corrected chi connectivity index (χ4v) is 1.64. The third kappa shape index (κ3) is 3.79. The van der Waals surface area contributed by atoms with Gasteiger partial charge in [-0.15, -0.1) is 0 Å². The van der Waals surface area contributed by atoms with Gasteiger partial charge in [-0.2, -0.15) is 5.26 Å². The molecule has 1 aromatic carbocycles. The largest absolute Gasteiger partial charge is 0.347 e. The van der Waals surface area contributed by atoms with Gasteiger partial charge < -0.3 is 5.32 Å². The van der Waals surface area contributed by atoms with Crippen LogP contribution in [0.5, 0.6) is 0 Å². The molecule has 0 radical (unpaired) electrons. The van der Waals surface area contributed by atoms with Crippen LogP contribution >= 0.6 is 0 Å². The molecule has 0 saturated carbocycles. The zero-order valence-corrected chi connectivity index (χ0v) is 10.8. The SMILES string of the molecule is N#C/C(=C/c1ccccc1)C(=O)NCc1cccnc1. The quantitative estimate of drug-likeness (QED) is 0.680. The lowest BCUT2D eigenvalue weighted by molar-refractivity contribution is -0.117. The van der Waals surface area contributed by atoms with Crippen molar-refractivity contribution in [3.05, 3.63) is 71.6 Å². The number of benzene rings is 1. The summed E-state index contributed by atoms with van der Waals surface area (Å²) in [6.07, 6.45) is 4.91. The number of nitriles is 1. The number of nitrogens with one attached hydrogen (secondary N) is 1. The normalized spacial score (nSPS) is 10.7. The number of amides is 1. The molecule has 1 heterocycles. The van der Waals surface area contributed by atoms with Crippen molar-refractivity contribution in [2.24, 2.45) is 0 Å². The van der Waals surface area contributed by atoms with Crippen LogP contribution in [0.4, 0.5) is 0 Å². The van der Waals surface area contributed by atoms with E-state index in [1.54, 1.807) is 24.5 Å². The lowest BCUT2D eigenvalue weighted by Crippen LogP contribution is -2.23. The van der Waals surface area contributed by atoms with Gasteiger partial charge in [-0.25, -0.2) is 0 Å². The number of carbonyl (C=O) groups is 1. The van der Waals surface area contributed by atoms with Crippen molar-refractivity contribution in [2.45, 2.75) is 6.54 Å². The Hall–Kier alpha value is -2.93. The van der Waals surface area contributed by atoms with Crippen molar-refractivity contribution in [1.82, 2.24) is 10.3 Å². The second-order valence-corrected chi connectivity index (χ2v) is 4.12. The molecule has 2 rings (SSSR count). The first-order chi connectivity index (χ1) is 9.79. The van der Waals surface area contributed by atoms with Crippen LogP contribution in [-0.4, -0.2) is 10.9 Å². The average Bonchev–Trinajstić information content (AvgIpc) is 2.52. The summed E-state index contributed by atoms with van der Waals surface area (Å²) in [6, 6.07) is 14.8. The summed E-state index contributed by atoms with van der Waals surface area (Å²) in [5, 5.41) is 11.8. The Morgan fingerprint density at radius 1 is 1.25 bits per heavy atom. The molecule has 0 aliphatic rings. The van der Waals surface area contributed by atoms with E-state index >= 15 is 0 Å². The highest BCUT2D eigenvalue weighted by atomic mass is 16.1. The average molecular weight is 263 g/mol. The molecule has 0 aliphatic carbocycles. The molecule has 98 valence electrons. The Balaban J connectivity index is 2.03. The summed E-state index contributed by atoms with van der Waals surface area (Å²) in [7, 11) is 0. The second kappa shape index (κ2) is 6.86. The van der Waals surface area contributed by atoms with Crippen molar-refractivity contribution in [3.63, 3.8) is 0 Å². The number of nitrogens with zero attached hydrogens (tertiary/aromatic N) is 2. The van der Waals surface area contributed by atoms with Gasteiger partial charge in [-0.1, -0.05) is 36.4 Å². The molecule has 1 amide bonds. The van der Waals surface area contributed by atoms with Gasteiger partial charge in [0.2, 0.25) is 0 Å². The Morgan fingerprint density at radius 2 is 2.05 bits per heavy atom. The monoisotopic (exact) mass is 263 g/mol. The van der Waals surface area contributed by atoms with Gasteiger partial charge in [0, 0.05) is 18.9 Å². The third-order valence-corrected chi connectivity index (χ3v) is 2.65. The molecule has 1 N–H and O–H groups in total. The van der Waals surface area contributed by atoms with Crippen LogP contribution in [0.2, 0.25) is 0 Å². The molecule has 0 atom stereocenters. The van der Waals surface area contributed by atoms with Gasteiger partial charge in [0.25, 0.3) is 5.91 Å². The van der Waals surface area contributed by atoms with Crippen LogP contribution in [-0.2, 0) is 11.3 Å². The Kier molecular flexibility index (Phi) is 4.63. The van der Waals surface area contributed by atoms with Gasteiger partial charge in [-0.05, 0) is 23.3 Å². The highest BCUT2D eigenvalue weighted by molar-refractivity contribution is 6.01. The number of aromatic nitrogens is 1. The molecule has 0 spiro atoms. The van der Waals surface area contributed by atoms with Gasteiger partial charge in [0.15, 0.2) is 0 Å². The van der Waals surface area contributed by atoms with E-state index in [2.05, 4.69) is 10.3 Å². The Bertz CT molecular complexity index is 642. The topological polar surface area (TPSA) is 65.8 Å². The van der Waals surface area contributed by atoms with E-state index < -0.39 is 0 Å². The Morgan fingerprint density at radius 3 is 2.70 bits per heavy atom. The number of carbonyl (C=O) groups excluding carboxylic acids is 1. The van der Waals surface area contributed by atoms with Crippen LogP contribution in [0.3, 0.4) is 0 Å². The number of pyridine rings is 1. The van der Waals surface area contributed by atoms with E-state index in [9.17, 15) is 4.79 Å². The maximum absolute atomic E-state index is 11.9. The van der Waals surface area contributed by atoms with Gasteiger partial charge >= 0.3 is 0 Å². The van der Waals surface area contributed by atoms with E-state index in [4.69, 9.17) is 5.26 Å². The van der Waals surface area contributed by atoms with Crippen LogP contribution in [0.25, 0.3) is 6.08 Å². The smallest absolute Gasteiger partial charge is 0.262 e. The molecular formula is C16H13N3O. The summed E-state index contributed by atoms with van der Waals surface area (Å²) in [5.41, 5.74) is 1.79. The maximum atomic E-state index is 11.9. The zero-order valence-electron chi connectivity index (χ0n) is 10.8. The summed E-state index contributed by atoms with van der Waals surface area (Å²) in [6.45, 7) is 0.348. The van der Waals surface area contributed by atoms with E-state index in [-0.39, 0.29) is 11.5 Å². The fourth-order valence-electron chi connectivity index (χ4n) is 1.64. The fraction of sp³-hybridized carbons (Fsp3) is 0.0625. The molecule has 2 aromatic rings. The minimum absolute atomic E-state index is 0.0834. The van der Waals surface area contributed by atoms with E-state index in [0.717, 1.165) is 11.1 Å². The van der Waals surface area contributed by atoms with Crippen molar-refractivity contribution in [1.29, 1.82) is 5.26 Å². The predicted molar refractivity (Wildman–Crippen MR) is 76.1 cm³/mol. The van der Waals surface area contributed by atoms with Crippen LogP contribution in [0.15, 0.2) is 60.4 Å². The molecule has 0 bridgehead atoms. The molecular weight excluding hydrogens is 250 g/mol. The van der Waals surface area contributed by atoms with E-state index in [0.29, 0.717) is 6.54 Å². The number of hydrogen-bond donors (Lipinski definition) is 1. The molecule has 0 unspecified atom stereocenters. The molecule has 1 aromatic heterocycles. The summed E-state index contributed by atoms with van der Waals surface area (Å²) in [4.78, 5) is 15.9. The number of hydrogen-bond acceptors (Lipinski definition) is 3. The summed E-state index contributed by atoms with van der Waals surface area (Å²) >= 11 is 0. The summed E-state index contributed by atoms with van der Waals surface area (Å²) in [5.74, 6) is -0.389. The first-order valence-electron chi connectivity index (χ1n) is 6.13. The zero-order chi connectivity index (χ0) is 14.2. The third-order valence-electron chi connectivity index (χ3n) is 2.65. The van der Waals surface area contributed by atoms with Crippen LogP contribution in [0, 0.1) is 11.3 Å². The predicted octanol–water partition coefficient (Wildman–Crippen LogP) is 2.30. The molecule has 0 fully saturated rings. The second-order valence-electron chi connectivity index (χ2n) is 4.12. The maximum Gasteiger partial charge on any atom is 0.262 e. The van der Waals surface area contributed by atoms with Crippen molar-refractivity contribution >= 4 is 12.0 Å². The molecule has 4 heteroatoms. The highest BCUT2D eigenvalue weighted by Gasteiger charge is 2.08. The van der Waals surface area contributed by atoms with E-state index in [1.807, 2.05) is 42.5 Å². The first kappa shape index (κ1) is 13.5. The standard InChI is InChI=1S/C16H13N3O/c17-10-15(9-13-5-2-1-3-6-13)16(20)19-12-14-7-4-8-18-11-14/h1-9,11H,12H2,(H,19,20)/b15-9-. The first-order valence-corrected chi connectivity index (χ1v) is 6.13. The Labute approximate surface area is 117 Å². The molecule has 0 saturated heterocycles. The van der Waals surface area contributed by atoms with Gasteiger partial charge in [0.1, 0.15) is 11.6 Å². The van der Waals surface area contributed by atoms with Gasteiger partial charge in [-0.3, -0.25) is 9.78 Å². The summed E-state index contributed by atoms with van der Waals surface area (Å²) < 4.78 is 0. The van der Waals surface area contributed by atoms with Crippen molar-refractivity contribution in [2.75, 3.05) is 0 Å². The molecule has 20 heavy (non-hydrogen) atoms.